The van der Waals surface area contributed by atoms with Gasteiger partial charge in [-0.1, -0.05) is 12.1 Å². The molecule has 2 aliphatic heterocycles. The summed E-state index contributed by atoms with van der Waals surface area (Å²) in [6.45, 7) is 3.09. The minimum Gasteiger partial charge on any atom is -0.355 e. The zero-order valence-electron chi connectivity index (χ0n) is 13.6. The predicted molar refractivity (Wildman–Crippen MR) is 92.1 cm³/mol. The number of hydrogen-bond acceptors (Lipinski definition) is 5. The zero-order valence-corrected chi connectivity index (χ0v) is 13.6. The highest BCUT2D eigenvalue weighted by Crippen LogP contribution is 2.31. The molecule has 2 aliphatic rings. The number of anilines is 1. The van der Waals surface area contributed by atoms with Crippen LogP contribution in [0, 0.1) is 0 Å². The summed E-state index contributed by atoms with van der Waals surface area (Å²) in [7, 11) is 0. The molecule has 0 unspecified atom stereocenters. The summed E-state index contributed by atoms with van der Waals surface area (Å²) < 4.78 is 2.34. The van der Waals surface area contributed by atoms with Crippen LogP contribution in [0.4, 0.5) is 5.82 Å². The van der Waals surface area contributed by atoms with Crippen molar-refractivity contribution >= 4 is 16.9 Å². The zero-order chi connectivity index (χ0) is 15.9. The normalized spacial score (nSPS) is 18.2. The van der Waals surface area contributed by atoms with Crippen molar-refractivity contribution in [3.8, 4) is 0 Å². The van der Waals surface area contributed by atoms with Crippen LogP contribution in [0.15, 0.2) is 30.5 Å². The highest BCUT2D eigenvalue weighted by molar-refractivity contribution is 5.75. The summed E-state index contributed by atoms with van der Waals surface area (Å²) in [4.78, 5) is 11.7. The van der Waals surface area contributed by atoms with Gasteiger partial charge < -0.3 is 9.47 Å². The van der Waals surface area contributed by atoms with E-state index in [1.165, 1.54) is 18.1 Å². The molecule has 0 spiro atoms. The summed E-state index contributed by atoms with van der Waals surface area (Å²) in [6, 6.07) is 8.04. The number of para-hydroxylation sites is 2. The van der Waals surface area contributed by atoms with Gasteiger partial charge in [-0.3, -0.25) is 4.98 Å². The Kier molecular flexibility index (Phi) is 3.21. The summed E-state index contributed by atoms with van der Waals surface area (Å²) in [5, 5.41) is 8.83. The van der Waals surface area contributed by atoms with E-state index in [9.17, 15) is 0 Å². The van der Waals surface area contributed by atoms with Crippen LogP contribution in [0.3, 0.4) is 0 Å². The average molecular weight is 320 g/mol. The number of hydrogen-bond donors (Lipinski definition) is 0. The van der Waals surface area contributed by atoms with E-state index in [0.717, 1.165) is 55.7 Å². The molecule has 122 valence electrons. The molecule has 3 aromatic rings. The van der Waals surface area contributed by atoms with Crippen LogP contribution in [-0.4, -0.2) is 37.8 Å². The molecule has 0 radical (unpaired) electrons. The monoisotopic (exact) mass is 320 g/mol. The summed E-state index contributed by atoms with van der Waals surface area (Å²) >= 11 is 0. The molecule has 24 heavy (non-hydrogen) atoms. The van der Waals surface area contributed by atoms with E-state index in [4.69, 9.17) is 4.98 Å². The van der Waals surface area contributed by atoms with Crippen LogP contribution < -0.4 is 4.90 Å². The highest BCUT2D eigenvalue weighted by atomic mass is 15.3. The molecular formula is C18H20N6. The minimum absolute atomic E-state index is 0.522. The summed E-state index contributed by atoms with van der Waals surface area (Å²) in [6.07, 6.45) is 6.40. The fourth-order valence-corrected chi connectivity index (χ4v) is 3.94. The number of piperidine rings is 1. The Hall–Kier alpha value is -2.50. The van der Waals surface area contributed by atoms with Gasteiger partial charge in [-0.15, -0.1) is 10.2 Å². The molecule has 0 amide bonds. The Labute approximate surface area is 140 Å². The second-order valence-corrected chi connectivity index (χ2v) is 6.71. The maximum Gasteiger partial charge on any atom is 0.147 e. The molecule has 1 saturated heterocycles. The third kappa shape index (κ3) is 2.25. The lowest BCUT2D eigenvalue weighted by Gasteiger charge is -2.32. The lowest BCUT2D eigenvalue weighted by atomic mass is 9.96. The molecule has 0 saturated carbocycles. The molecule has 1 fully saturated rings. The van der Waals surface area contributed by atoms with Gasteiger partial charge in [0.2, 0.25) is 0 Å². The molecule has 0 N–H and O–H groups in total. The summed E-state index contributed by atoms with van der Waals surface area (Å²) in [5.74, 6) is 3.88. The molecule has 0 atom stereocenters. The molecule has 0 aliphatic carbocycles. The Bertz CT molecular complexity index is 878. The van der Waals surface area contributed by atoms with Crippen molar-refractivity contribution in [2.75, 3.05) is 18.0 Å². The maximum absolute atomic E-state index is 4.77. The van der Waals surface area contributed by atoms with Gasteiger partial charge in [0.05, 0.1) is 17.2 Å². The van der Waals surface area contributed by atoms with Crippen LogP contribution in [0.2, 0.25) is 0 Å². The number of benzene rings is 1. The minimum atomic E-state index is 0.522. The first-order valence-corrected chi connectivity index (χ1v) is 8.77. The predicted octanol–water partition coefficient (Wildman–Crippen LogP) is 2.55. The van der Waals surface area contributed by atoms with Crippen molar-refractivity contribution in [3.05, 3.63) is 42.1 Å². The first-order valence-electron chi connectivity index (χ1n) is 8.77. The smallest absolute Gasteiger partial charge is 0.147 e. The number of fused-ring (bicyclic) bond motifs is 2. The Morgan fingerprint density at radius 2 is 1.79 bits per heavy atom. The highest BCUT2D eigenvalue weighted by Gasteiger charge is 2.28. The lowest BCUT2D eigenvalue weighted by Crippen LogP contribution is -2.34. The van der Waals surface area contributed by atoms with E-state index >= 15 is 0 Å². The van der Waals surface area contributed by atoms with Crippen molar-refractivity contribution in [2.24, 2.45) is 0 Å². The average Bonchev–Trinajstić information content (AvgIpc) is 3.25. The molecular weight excluding hydrogens is 300 g/mol. The van der Waals surface area contributed by atoms with Crippen LogP contribution in [-0.2, 0) is 13.0 Å². The van der Waals surface area contributed by atoms with Crippen molar-refractivity contribution in [1.82, 2.24) is 24.7 Å². The Morgan fingerprint density at radius 3 is 2.67 bits per heavy atom. The topological polar surface area (TPSA) is 59.7 Å². The largest absolute Gasteiger partial charge is 0.355 e. The van der Waals surface area contributed by atoms with Crippen LogP contribution in [0.25, 0.3) is 11.0 Å². The van der Waals surface area contributed by atoms with Crippen molar-refractivity contribution in [3.63, 3.8) is 0 Å². The number of nitrogens with zero attached hydrogens (tertiary/aromatic N) is 6. The maximum atomic E-state index is 4.77. The summed E-state index contributed by atoms with van der Waals surface area (Å²) in [5.41, 5.74) is 1.92. The third-order valence-electron chi connectivity index (χ3n) is 5.26. The third-order valence-corrected chi connectivity index (χ3v) is 5.26. The van der Waals surface area contributed by atoms with E-state index in [1.54, 1.807) is 0 Å². The number of aromatic nitrogens is 5. The molecule has 1 aromatic carbocycles. The second kappa shape index (κ2) is 5.54. The van der Waals surface area contributed by atoms with Gasteiger partial charge in [-0.25, -0.2) is 4.98 Å². The molecule has 6 nitrogen and oxygen atoms in total. The van der Waals surface area contributed by atoms with E-state index in [-0.39, 0.29) is 0 Å². The van der Waals surface area contributed by atoms with Gasteiger partial charge in [0.15, 0.2) is 0 Å². The fraction of sp³-hybridized carbons (Fsp3) is 0.444. The van der Waals surface area contributed by atoms with E-state index in [0.29, 0.717) is 5.92 Å². The SMILES string of the molecule is c1ccc2nc(N3CCC(c4nnc5n4CCC5)CC3)cnc2c1. The van der Waals surface area contributed by atoms with Crippen molar-refractivity contribution < 1.29 is 0 Å². The van der Waals surface area contributed by atoms with Crippen LogP contribution >= 0.6 is 0 Å². The fourth-order valence-electron chi connectivity index (χ4n) is 3.94. The molecule has 4 heterocycles. The van der Waals surface area contributed by atoms with E-state index < -0.39 is 0 Å². The first kappa shape index (κ1) is 13.9. The molecule has 6 heteroatoms. The molecule has 0 bridgehead atoms. The van der Waals surface area contributed by atoms with Crippen molar-refractivity contribution in [1.29, 1.82) is 0 Å². The molecule has 2 aromatic heterocycles. The van der Waals surface area contributed by atoms with Gasteiger partial charge in [0.1, 0.15) is 17.5 Å². The number of rotatable bonds is 2. The second-order valence-electron chi connectivity index (χ2n) is 6.71. The Balaban J connectivity index is 1.34. The van der Waals surface area contributed by atoms with Gasteiger partial charge in [0.25, 0.3) is 0 Å². The van der Waals surface area contributed by atoms with E-state index in [2.05, 4.69) is 24.6 Å². The quantitative estimate of drug-likeness (QED) is 0.726. The Morgan fingerprint density at radius 1 is 0.958 bits per heavy atom. The standard InChI is InChI=1S/C18H20N6/c1-2-5-15-14(4-1)19-12-17(20-15)23-10-7-13(8-11-23)18-22-21-16-6-3-9-24(16)18/h1-2,4-5,12-13H,3,6-11H2. The van der Waals surface area contributed by atoms with Crippen molar-refractivity contribution in [2.45, 2.75) is 38.1 Å². The number of aryl methyl sites for hydroxylation is 1. The van der Waals surface area contributed by atoms with Gasteiger partial charge in [-0.2, -0.15) is 0 Å². The first-order chi connectivity index (χ1) is 11.9. The van der Waals surface area contributed by atoms with Crippen LogP contribution in [0.5, 0.6) is 0 Å². The van der Waals surface area contributed by atoms with E-state index in [1.807, 2.05) is 30.5 Å². The van der Waals surface area contributed by atoms with Gasteiger partial charge in [0, 0.05) is 32.0 Å². The lowest BCUT2D eigenvalue weighted by molar-refractivity contribution is 0.465. The van der Waals surface area contributed by atoms with Gasteiger partial charge >= 0.3 is 0 Å². The van der Waals surface area contributed by atoms with Gasteiger partial charge in [-0.05, 0) is 31.4 Å². The van der Waals surface area contributed by atoms with Crippen LogP contribution in [0.1, 0.15) is 36.8 Å². The molecule has 5 rings (SSSR count).